The average molecular weight is 235 g/mol. The molecular weight excluding hydrogens is 222 g/mol. The van der Waals surface area contributed by atoms with Gasteiger partial charge in [-0.15, -0.1) is 0 Å². The maximum absolute atomic E-state index is 11.1. The van der Waals surface area contributed by atoms with E-state index in [0.29, 0.717) is 5.92 Å². The molecular formula is C12H13NO2S. The molecule has 0 radical (unpaired) electrons. The highest BCUT2D eigenvalue weighted by molar-refractivity contribution is 7.16. The first kappa shape index (κ1) is 10.1. The maximum Gasteiger partial charge on any atom is 0.396 e. The summed E-state index contributed by atoms with van der Waals surface area (Å²) in [6.07, 6.45) is 2.33. The monoisotopic (exact) mass is 235 g/mol. The predicted molar refractivity (Wildman–Crippen MR) is 65.2 cm³/mol. The molecule has 0 unspecified atom stereocenters. The van der Waals surface area contributed by atoms with E-state index in [4.69, 9.17) is 4.42 Å². The van der Waals surface area contributed by atoms with Crippen LogP contribution in [0.3, 0.4) is 0 Å². The molecule has 0 atom stereocenters. The van der Waals surface area contributed by atoms with Crippen LogP contribution >= 0.6 is 11.3 Å². The minimum Gasteiger partial charge on any atom is -0.414 e. The lowest BCUT2D eigenvalue weighted by Gasteiger charge is -2.22. The van der Waals surface area contributed by atoms with Crippen LogP contribution in [-0.2, 0) is 0 Å². The Morgan fingerprint density at radius 3 is 2.94 bits per heavy atom. The Kier molecular flexibility index (Phi) is 2.53. The van der Waals surface area contributed by atoms with Crippen LogP contribution in [0.1, 0.15) is 24.3 Å². The molecule has 1 fully saturated rings. The van der Waals surface area contributed by atoms with E-state index >= 15 is 0 Å². The highest BCUT2D eigenvalue weighted by Gasteiger charge is 2.16. The largest absolute Gasteiger partial charge is 0.414 e. The van der Waals surface area contributed by atoms with Crippen molar-refractivity contribution in [2.24, 2.45) is 0 Å². The Morgan fingerprint density at radius 2 is 2.12 bits per heavy atom. The molecule has 4 heteroatoms. The van der Waals surface area contributed by atoms with Crippen LogP contribution < -0.4 is 10.3 Å². The molecule has 0 aliphatic carbocycles. The Bertz CT molecular complexity index is 551. The van der Waals surface area contributed by atoms with Gasteiger partial charge in [0, 0.05) is 0 Å². The van der Waals surface area contributed by atoms with Crippen LogP contribution in [0.25, 0.3) is 10.3 Å². The zero-order chi connectivity index (χ0) is 11.0. The standard InChI is InChI=1S/C12H13NO2S/c14-12-15-10-7-9(1-2-11(10)16-12)8-3-5-13-6-4-8/h1-2,7-8,13H,3-6H2. The van der Waals surface area contributed by atoms with E-state index in [0.717, 1.165) is 23.4 Å². The minimum absolute atomic E-state index is 0.211. The van der Waals surface area contributed by atoms with E-state index in [1.807, 2.05) is 12.1 Å². The van der Waals surface area contributed by atoms with Gasteiger partial charge < -0.3 is 9.73 Å². The fraction of sp³-hybridized carbons (Fsp3) is 0.417. The van der Waals surface area contributed by atoms with E-state index in [-0.39, 0.29) is 4.94 Å². The third-order valence-corrected chi connectivity index (χ3v) is 3.97. The summed E-state index contributed by atoms with van der Waals surface area (Å²) < 4.78 is 6.09. The molecule has 0 bridgehead atoms. The topological polar surface area (TPSA) is 42.2 Å². The van der Waals surface area contributed by atoms with Crippen molar-refractivity contribution in [3.05, 3.63) is 33.5 Å². The molecule has 3 rings (SSSR count). The molecule has 0 spiro atoms. The number of hydrogen-bond acceptors (Lipinski definition) is 4. The van der Waals surface area contributed by atoms with E-state index in [1.165, 1.54) is 29.7 Å². The van der Waals surface area contributed by atoms with Crippen LogP contribution in [0, 0.1) is 0 Å². The number of rotatable bonds is 1. The first-order valence-electron chi connectivity index (χ1n) is 5.57. The summed E-state index contributed by atoms with van der Waals surface area (Å²) in [4.78, 5) is 10.9. The van der Waals surface area contributed by atoms with Gasteiger partial charge in [0.1, 0.15) is 5.58 Å². The van der Waals surface area contributed by atoms with Gasteiger partial charge in [0.15, 0.2) is 0 Å². The van der Waals surface area contributed by atoms with Crippen molar-refractivity contribution < 1.29 is 4.42 Å². The van der Waals surface area contributed by atoms with Crippen molar-refractivity contribution in [2.45, 2.75) is 18.8 Å². The molecule has 2 heterocycles. The van der Waals surface area contributed by atoms with Crippen molar-refractivity contribution in [2.75, 3.05) is 13.1 Å². The van der Waals surface area contributed by atoms with Gasteiger partial charge >= 0.3 is 4.94 Å². The van der Waals surface area contributed by atoms with E-state index < -0.39 is 0 Å². The summed E-state index contributed by atoms with van der Waals surface area (Å²) in [6.45, 7) is 2.16. The van der Waals surface area contributed by atoms with Gasteiger partial charge in [-0.05, 0) is 49.5 Å². The molecule has 1 aromatic heterocycles. The van der Waals surface area contributed by atoms with Crippen LogP contribution in [0.15, 0.2) is 27.4 Å². The Hall–Kier alpha value is -1.13. The number of hydrogen-bond donors (Lipinski definition) is 1. The van der Waals surface area contributed by atoms with Gasteiger partial charge in [0.25, 0.3) is 0 Å². The maximum atomic E-state index is 11.1. The number of benzene rings is 1. The van der Waals surface area contributed by atoms with Gasteiger partial charge in [0.05, 0.1) is 4.70 Å². The third-order valence-electron chi connectivity index (χ3n) is 3.16. The molecule has 3 nitrogen and oxygen atoms in total. The molecule has 1 saturated heterocycles. The first-order valence-corrected chi connectivity index (χ1v) is 6.39. The van der Waals surface area contributed by atoms with Crippen molar-refractivity contribution in [1.82, 2.24) is 5.32 Å². The number of fused-ring (bicyclic) bond motifs is 1. The Morgan fingerprint density at radius 1 is 1.31 bits per heavy atom. The van der Waals surface area contributed by atoms with Crippen LogP contribution in [0.4, 0.5) is 0 Å². The lowest BCUT2D eigenvalue weighted by molar-refractivity contribution is 0.460. The Labute approximate surface area is 97.1 Å². The van der Waals surface area contributed by atoms with Crippen molar-refractivity contribution in [3.63, 3.8) is 0 Å². The van der Waals surface area contributed by atoms with Gasteiger partial charge in [-0.25, -0.2) is 4.79 Å². The normalized spacial score (nSPS) is 18.0. The smallest absolute Gasteiger partial charge is 0.396 e. The molecule has 1 N–H and O–H groups in total. The quantitative estimate of drug-likeness (QED) is 0.824. The predicted octanol–water partition coefficient (Wildman–Crippen LogP) is 2.32. The summed E-state index contributed by atoms with van der Waals surface area (Å²) >= 11 is 1.17. The second-order valence-electron chi connectivity index (χ2n) is 4.18. The molecule has 2 aromatic rings. The summed E-state index contributed by atoms with van der Waals surface area (Å²) in [5.41, 5.74) is 2.04. The number of piperidine rings is 1. The van der Waals surface area contributed by atoms with Crippen LogP contribution in [0.2, 0.25) is 0 Å². The lowest BCUT2D eigenvalue weighted by Crippen LogP contribution is -2.26. The highest BCUT2D eigenvalue weighted by atomic mass is 32.1. The molecule has 84 valence electrons. The lowest BCUT2D eigenvalue weighted by atomic mass is 9.90. The van der Waals surface area contributed by atoms with Crippen molar-refractivity contribution in [3.8, 4) is 0 Å². The van der Waals surface area contributed by atoms with E-state index in [9.17, 15) is 4.79 Å². The SMILES string of the molecule is O=c1oc2cc(C3CCNCC3)ccc2s1. The summed E-state index contributed by atoms with van der Waals surface area (Å²) in [5.74, 6) is 0.607. The van der Waals surface area contributed by atoms with Crippen LogP contribution in [0.5, 0.6) is 0 Å². The number of nitrogens with one attached hydrogen (secondary N) is 1. The van der Waals surface area contributed by atoms with Gasteiger partial charge in [-0.3, -0.25) is 0 Å². The zero-order valence-corrected chi connectivity index (χ0v) is 9.68. The van der Waals surface area contributed by atoms with E-state index in [2.05, 4.69) is 11.4 Å². The molecule has 16 heavy (non-hydrogen) atoms. The molecule has 1 aliphatic rings. The van der Waals surface area contributed by atoms with Crippen molar-refractivity contribution >= 4 is 21.6 Å². The van der Waals surface area contributed by atoms with Gasteiger partial charge in [-0.2, -0.15) is 0 Å². The molecule has 1 aliphatic heterocycles. The van der Waals surface area contributed by atoms with Gasteiger partial charge in [-0.1, -0.05) is 17.4 Å². The highest BCUT2D eigenvalue weighted by Crippen LogP contribution is 2.28. The molecule has 0 saturated carbocycles. The average Bonchev–Trinajstić information content (AvgIpc) is 2.69. The fourth-order valence-electron chi connectivity index (χ4n) is 2.30. The second-order valence-corrected chi connectivity index (χ2v) is 5.16. The fourth-order valence-corrected chi connectivity index (χ4v) is 2.95. The second kappa shape index (κ2) is 4.03. The molecule has 0 amide bonds. The summed E-state index contributed by atoms with van der Waals surface area (Å²) in [5, 5.41) is 3.35. The van der Waals surface area contributed by atoms with Crippen LogP contribution in [-0.4, -0.2) is 13.1 Å². The summed E-state index contributed by atoms with van der Waals surface area (Å²) in [6, 6.07) is 6.16. The first-order chi connectivity index (χ1) is 7.83. The third kappa shape index (κ3) is 1.79. The Balaban J connectivity index is 2.00. The van der Waals surface area contributed by atoms with E-state index in [1.54, 1.807) is 0 Å². The molecule has 1 aromatic carbocycles. The van der Waals surface area contributed by atoms with Crippen molar-refractivity contribution in [1.29, 1.82) is 0 Å². The summed E-state index contributed by atoms with van der Waals surface area (Å²) in [7, 11) is 0. The minimum atomic E-state index is -0.211. The van der Waals surface area contributed by atoms with Gasteiger partial charge in [0.2, 0.25) is 0 Å². The zero-order valence-electron chi connectivity index (χ0n) is 8.86.